The van der Waals surface area contributed by atoms with E-state index in [-0.39, 0.29) is 6.10 Å². The predicted molar refractivity (Wildman–Crippen MR) is 65.0 cm³/mol. The molecule has 0 aromatic carbocycles. The van der Waals surface area contributed by atoms with Crippen LogP contribution in [-0.2, 0) is 0 Å². The molecule has 0 aromatic heterocycles. The van der Waals surface area contributed by atoms with Crippen LogP contribution in [0.3, 0.4) is 0 Å². The molecule has 1 aliphatic carbocycles. The Morgan fingerprint density at radius 3 is 2.67 bits per heavy atom. The highest BCUT2D eigenvalue weighted by Crippen LogP contribution is 2.28. The molecular formula is C13H27NO. The standard InChI is InChI=1S/C13H27NO/c1-4-6-11(2)14(3)10-9-12-7-5-8-13(12)15/h11-13,15H,4-10H2,1-3H3. The summed E-state index contributed by atoms with van der Waals surface area (Å²) >= 11 is 0. The molecule has 0 bridgehead atoms. The van der Waals surface area contributed by atoms with Gasteiger partial charge in [0.2, 0.25) is 0 Å². The van der Waals surface area contributed by atoms with E-state index in [1.54, 1.807) is 0 Å². The summed E-state index contributed by atoms with van der Waals surface area (Å²) in [5.41, 5.74) is 0. The summed E-state index contributed by atoms with van der Waals surface area (Å²) in [6.07, 6.45) is 7.18. The molecule has 3 atom stereocenters. The molecule has 1 saturated carbocycles. The van der Waals surface area contributed by atoms with Gasteiger partial charge in [0.25, 0.3) is 0 Å². The zero-order valence-corrected chi connectivity index (χ0v) is 10.6. The van der Waals surface area contributed by atoms with Crippen molar-refractivity contribution in [1.82, 2.24) is 4.90 Å². The van der Waals surface area contributed by atoms with Crippen LogP contribution < -0.4 is 0 Å². The largest absolute Gasteiger partial charge is 0.393 e. The predicted octanol–water partition coefficient (Wildman–Crippen LogP) is 2.66. The molecule has 0 heterocycles. The monoisotopic (exact) mass is 213 g/mol. The van der Waals surface area contributed by atoms with Crippen LogP contribution in [0.1, 0.15) is 52.4 Å². The Labute approximate surface area is 94.7 Å². The number of aliphatic hydroxyl groups is 1. The number of hydrogen-bond donors (Lipinski definition) is 1. The molecule has 0 aliphatic heterocycles. The smallest absolute Gasteiger partial charge is 0.0568 e. The maximum Gasteiger partial charge on any atom is 0.0568 e. The molecular weight excluding hydrogens is 186 g/mol. The first-order valence-corrected chi connectivity index (χ1v) is 6.53. The minimum Gasteiger partial charge on any atom is -0.393 e. The fourth-order valence-electron chi connectivity index (χ4n) is 2.58. The van der Waals surface area contributed by atoms with Gasteiger partial charge in [0.1, 0.15) is 0 Å². The quantitative estimate of drug-likeness (QED) is 0.733. The summed E-state index contributed by atoms with van der Waals surface area (Å²) in [5, 5.41) is 9.73. The number of hydrogen-bond acceptors (Lipinski definition) is 2. The molecule has 0 amide bonds. The van der Waals surface area contributed by atoms with Gasteiger partial charge in [-0.1, -0.05) is 19.8 Å². The van der Waals surface area contributed by atoms with E-state index in [1.807, 2.05) is 0 Å². The Bertz CT molecular complexity index is 172. The molecule has 0 aromatic rings. The van der Waals surface area contributed by atoms with Gasteiger partial charge in [0, 0.05) is 6.04 Å². The van der Waals surface area contributed by atoms with E-state index in [4.69, 9.17) is 0 Å². The Kier molecular flexibility index (Phi) is 5.62. The van der Waals surface area contributed by atoms with Crippen LogP contribution in [0.5, 0.6) is 0 Å². The first-order chi connectivity index (χ1) is 7.15. The first-order valence-electron chi connectivity index (χ1n) is 6.53. The molecule has 0 saturated heterocycles. The molecule has 1 N–H and O–H groups in total. The van der Waals surface area contributed by atoms with E-state index >= 15 is 0 Å². The Balaban J connectivity index is 2.18. The highest BCUT2D eigenvalue weighted by molar-refractivity contribution is 4.77. The molecule has 0 spiro atoms. The van der Waals surface area contributed by atoms with Crippen molar-refractivity contribution in [2.45, 2.75) is 64.5 Å². The van der Waals surface area contributed by atoms with Crippen LogP contribution in [-0.4, -0.2) is 35.7 Å². The molecule has 90 valence electrons. The van der Waals surface area contributed by atoms with Gasteiger partial charge >= 0.3 is 0 Å². The highest BCUT2D eigenvalue weighted by Gasteiger charge is 2.25. The van der Waals surface area contributed by atoms with Gasteiger partial charge in [-0.25, -0.2) is 0 Å². The lowest BCUT2D eigenvalue weighted by atomic mass is 10.0. The summed E-state index contributed by atoms with van der Waals surface area (Å²) in [6, 6.07) is 0.688. The third-order valence-corrected chi connectivity index (χ3v) is 3.93. The van der Waals surface area contributed by atoms with E-state index in [1.165, 1.54) is 32.1 Å². The lowest BCUT2D eigenvalue weighted by molar-refractivity contribution is 0.116. The average molecular weight is 213 g/mol. The van der Waals surface area contributed by atoms with E-state index in [9.17, 15) is 5.11 Å². The Morgan fingerprint density at radius 1 is 1.40 bits per heavy atom. The summed E-state index contributed by atoms with van der Waals surface area (Å²) in [4.78, 5) is 2.44. The summed E-state index contributed by atoms with van der Waals surface area (Å²) in [5.74, 6) is 0.571. The van der Waals surface area contributed by atoms with Gasteiger partial charge in [-0.2, -0.15) is 0 Å². The molecule has 1 fully saturated rings. The van der Waals surface area contributed by atoms with Crippen LogP contribution in [0, 0.1) is 5.92 Å². The minimum atomic E-state index is -0.0140. The lowest BCUT2D eigenvalue weighted by Gasteiger charge is -2.26. The van der Waals surface area contributed by atoms with E-state index in [0.717, 1.165) is 13.0 Å². The summed E-state index contributed by atoms with van der Waals surface area (Å²) in [7, 11) is 2.21. The first kappa shape index (κ1) is 13.0. The van der Waals surface area contributed by atoms with Crippen molar-refractivity contribution in [1.29, 1.82) is 0 Å². The van der Waals surface area contributed by atoms with Crippen LogP contribution >= 0.6 is 0 Å². The molecule has 15 heavy (non-hydrogen) atoms. The van der Waals surface area contributed by atoms with Crippen molar-refractivity contribution < 1.29 is 5.11 Å². The topological polar surface area (TPSA) is 23.5 Å². The summed E-state index contributed by atoms with van der Waals surface area (Å²) < 4.78 is 0. The second-order valence-corrected chi connectivity index (χ2v) is 5.17. The lowest BCUT2D eigenvalue weighted by Crippen LogP contribution is -2.31. The molecule has 2 nitrogen and oxygen atoms in total. The zero-order valence-electron chi connectivity index (χ0n) is 10.6. The van der Waals surface area contributed by atoms with Crippen LogP contribution in [0.4, 0.5) is 0 Å². The van der Waals surface area contributed by atoms with Crippen molar-refractivity contribution in [3.8, 4) is 0 Å². The Hall–Kier alpha value is -0.0800. The van der Waals surface area contributed by atoms with Gasteiger partial charge < -0.3 is 10.0 Å². The minimum absolute atomic E-state index is 0.0140. The van der Waals surface area contributed by atoms with Crippen LogP contribution in [0.2, 0.25) is 0 Å². The third kappa shape index (κ3) is 4.12. The van der Waals surface area contributed by atoms with Crippen molar-refractivity contribution in [2.75, 3.05) is 13.6 Å². The van der Waals surface area contributed by atoms with Crippen LogP contribution in [0.15, 0.2) is 0 Å². The van der Waals surface area contributed by atoms with Gasteiger partial charge in [-0.3, -0.25) is 0 Å². The van der Waals surface area contributed by atoms with Crippen LogP contribution in [0.25, 0.3) is 0 Å². The van der Waals surface area contributed by atoms with Crippen molar-refractivity contribution >= 4 is 0 Å². The Morgan fingerprint density at radius 2 is 2.13 bits per heavy atom. The normalized spacial score (nSPS) is 28.6. The summed E-state index contributed by atoms with van der Waals surface area (Å²) in [6.45, 7) is 5.68. The second kappa shape index (κ2) is 6.49. The van der Waals surface area contributed by atoms with E-state index < -0.39 is 0 Å². The van der Waals surface area contributed by atoms with Crippen molar-refractivity contribution in [3.05, 3.63) is 0 Å². The zero-order chi connectivity index (χ0) is 11.3. The van der Waals surface area contributed by atoms with Crippen molar-refractivity contribution in [3.63, 3.8) is 0 Å². The number of rotatable bonds is 6. The highest BCUT2D eigenvalue weighted by atomic mass is 16.3. The molecule has 2 heteroatoms. The third-order valence-electron chi connectivity index (χ3n) is 3.93. The molecule has 1 aliphatic rings. The molecule has 0 radical (unpaired) electrons. The maximum absolute atomic E-state index is 9.73. The van der Waals surface area contributed by atoms with E-state index in [0.29, 0.717) is 12.0 Å². The molecule has 3 unspecified atom stereocenters. The fraction of sp³-hybridized carbons (Fsp3) is 1.00. The van der Waals surface area contributed by atoms with Gasteiger partial charge in [-0.15, -0.1) is 0 Å². The van der Waals surface area contributed by atoms with Gasteiger partial charge in [0.05, 0.1) is 6.10 Å². The van der Waals surface area contributed by atoms with Gasteiger partial charge in [0.15, 0.2) is 0 Å². The SMILES string of the molecule is CCCC(C)N(C)CCC1CCCC1O. The fourth-order valence-corrected chi connectivity index (χ4v) is 2.58. The van der Waals surface area contributed by atoms with E-state index in [2.05, 4.69) is 25.8 Å². The number of nitrogens with zero attached hydrogens (tertiary/aromatic N) is 1. The van der Waals surface area contributed by atoms with Crippen molar-refractivity contribution in [2.24, 2.45) is 5.92 Å². The number of aliphatic hydroxyl groups excluding tert-OH is 1. The van der Waals surface area contributed by atoms with Gasteiger partial charge in [-0.05, 0) is 52.1 Å². The second-order valence-electron chi connectivity index (χ2n) is 5.17. The average Bonchev–Trinajstić information content (AvgIpc) is 2.61. The molecule has 1 rings (SSSR count). The maximum atomic E-state index is 9.73.